The first-order valence-electron chi connectivity index (χ1n) is 8.86. The fourth-order valence-corrected chi connectivity index (χ4v) is 3.46. The van der Waals surface area contributed by atoms with Crippen LogP contribution in [0.4, 0.5) is 27.6 Å². The lowest BCUT2D eigenvalue weighted by Crippen LogP contribution is -2.25. The highest BCUT2D eigenvalue weighted by Gasteiger charge is 2.37. The minimum Gasteiger partial charge on any atom is -0.493 e. The summed E-state index contributed by atoms with van der Waals surface area (Å²) >= 11 is 3.33. The molecule has 32 heavy (non-hydrogen) atoms. The van der Waals surface area contributed by atoms with Gasteiger partial charge < -0.3 is 9.47 Å². The fourth-order valence-electron chi connectivity index (χ4n) is 2.89. The number of methoxy groups -OCH3 is 1. The van der Waals surface area contributed by atoms with Crippen LogP contribution in [0, 0.1) is 29.1 Å². The van der Waals surface area contributed by atoms with Gasteiger partial charge in [0.1, 0.15) is 12.3 Å². The molecule has 0 aromatic heterocycles. The molecule has 0 radical (unpaired) electrons. The molecular formula is C21H14BrF5N2O3. The van der Waals surface area contributed by atoms with Crippen LogP contribution < -0.4 is 14.5 Å². The maximum atomic E-state index is 14.2. The lowest BCUT2D eigenvalue weighted by atomic mass is 10.1. The van der Waals surface area contributed by atoms with E-state index in [2.05, 4.69) is 27.6 Å². The summed E-state index contributed by atoms with van der Waals surface area (Å²) in [7, 11) is 1.40. The van der Waals surface area contributed by atoms with Gasteiger partial charge in [-0.15, -0.1) is 0 Å². The summed E-state index contributed by atoms with van der Waals surface area (Å²) in [6.07, 6.45) is 2.87. The van der Waals surface area contributed by atoms with Gasteiger partial charge in [-0.25, -0.2) is 22.0 Å². The van der Waals surface area contributed by atoms with Crippen molar-refractivity contribution in [1.29, 1.82) is 0 Å². The van der Waals surface area contributed by atoms with E-state index >= 15 is 0 Å². The molecule has 0 spiro atoms. The number of hydrogen-bond donors (Lipinski definition) is 0. The van der Waals surface area contributed by atoms with Gasteiger partial charge in [0.25, 0.3) is 5.91 Å². The van der Waals surface area contributed by atoms with E-state index in [-0.39, 0.29) is 22.9 Å². The highest BCUT2D eigenvalue weighted by Crippen LogP contribution is 2.38. The van der Waals surface area contributed by atoms with Crippen molar-refractivity contribution in [3.63, 3.8) is 0 Å². The molecule has 0 atom stereocenters. The first kappa shape index (κ1) is 23.5. The van der Waals surface area contributed by atoms with Crippen molar-refractivity contribution < 1.29 is 36.2 Å². The summed E-state index contributed by atoms with van der Waals surface area (Å²) in [5.74, 6) is -11.4. The fraction of sp³-hybridized carbons (Fsp3) is 0.143. The van der Waals surface area contributed by atoms with Gasteiger partial charge >= 0.3 is 0 Å². The average molecular weight is 517 g/mol. The number of anilines is 1. The maximum absolute atomic E-state index is 14.2. The van der Waals surface area contributed by atoms with Crippen LogP contribution in [-0.2, 0) is 4.79 Å². The molecule has 0 aliphatic carbocycles. The Labute approximate surface area is 187 Å². The predicted octanol–water partition coefficient (Wildman–Crippen LogP) is 5.52. The summed E-state index contributed by atoms with van der Waals surface area (Å²) in [5.41, 5.74) is -1.17. The molecular weight excluding hydrogens is 503 g/mol. The predicted molar refractivity (Wildman–Crippen MR) is 111 cm³/mol. The number of hydrogen-bond acceptors (Lipinski definition) is 4. The van der Waals surface area contributed by atoms with Gasteiger partial charge in [-0.1, -0.05) is 12.7 Å². The van der Waals surface area contributed by atoms with E-state index < -0.39 is 40.7 Å². The molecule has 0 bridgehead atoms. The minimum atomic E-state index is -2.33. The van der Waals surface area contributed by atoms with Crippen LogP contribution in [0.5, 0.6) is 11.5 Å². The van der Waals surface area contributed by atoms with Crippen molar-refractivity contribution in [2.75, 3.05) is 18.7 Å². The maximum Gasteiger partial charge on any atom is 0.280 e. The van der Waals surface area contributed by atoms with Gasteiger partial charge in [0.05, 0.1) is 22.9 Å². The molecule has 168 valence electrons. The number of amides is 1. The van der Waals surface area contributed by atoms with E-state index in [1.54, 1.807) is 6.07 Å². The van der Waals surface area contributed by atoms with Gasteiger partial charge in [0.15, 0.2) is 34.8 Å². The van der Waals surface area contributed by atoms with E-state index in [1.165, 1.54) is 32.3 Å². The second-order valence-corrected chi connectivity index (χ2v) is 7.27. The third kappa shape index (κ3) is 3.99. The van der Waals surface area contributed by atoms with Crippen molar-refractivity contribution in [2.45, 2.75) is 6.92 Å². The molecule has 2 aromatic rings. The zero-order valence-corrected chi connectivity index (χ0v) is 18.2. The van der Waals surface area contributed by atoms with E-state index in [0.29, 0.717) is 21.5 Å². The second kappa shape index (κ2) is 9.11. The smallest absolute Gasteiger partial charge is 0.280 e. The molecule has 0 fully saturated rings. The number of rotatable bonds is 6. The summed E-state index contributed by atoms with van der Waals surface area (Å²) in [6.45, 7) is 5.11. The van der Waals surface area contributed by atoms with Crippen LogP contribution in [0.25, 0.3) is 6.08 Å². The molecule has 5 nitrogen and oxygen atoms in total. The molecule has 1 aliphatic rings. The number of carbonyl (C=O) groups is 1. The number of nitrogens with zero attached hydrogens (tertiary/aromatic N) is 2. The zero-order valence-electron chi connectivity index (χ0n) is 16.6. The Morgan fingerprint density at radius 3 is 2.25 bits per heavy atom. The van der Waals surface area contributed by atoms with Crippen molar-refractivity contribution >= 4 is 39.3 Å². The van der Waals surface area contributed by atoms with Gasteiger partial charge in [-0.2, -0.15) is 10.1 Å². The molecule has 0 saturated carbocycles. The number of ether oxygens (including phenoxy) is 2. The molecule has 1 heterocycles. The second-order valence-electron chi connectivity index (χ2n) is 6.41. The quantitative estimate of drug-likeness (QED) is 0.167. The Morgan fingerprint density at radius 1 is 1.09 bits per heavy atom. The summed E-state index contributed by atoms with van der Waals surface area (Å²) in [6, 6.07) is 3.10. The van der Waals surface area contributed by atoms with Crippen LogP contribution in [-0.4, -0.2) is 25.3 Å². The van der Waals surface area contributed by atoms with Gasteiger partial charge in [-0.3, -0.25) is 4.79 Å². The minimum absolute atomic E-state index is 0.000939. The Balaban J connectivity index is 2.05. The zero-order chi connectivity index (χ0) is 23.7. The van der Waals surface area contributed by atoms with Crippen LogP contribution in [0.15, 0.2) is 39.9 Å². The highest BCUT2D eigenvalue weighted by atomic mass is 79.9. The molecule has 1 aliphatic heterocycles. The van der Waals surface area contributed by atoms with Gasteiger partial charge in [-0.05, 0) is 46.6 Å². The monoisotopic (exact) mass is 516 g/mol. The molecule has 3 rings (SSSR count). The largest absolute Gasteiger partial charge is 0.493 e. The van der Waals surface area contributed by atoms with Crippen molar-refractivity contribution in [3.8, 4) is 11.5 Å². The number of benzene rings is 2. The Bertz CT molecular complexity index is 1170. The van der Waals surface area contributed by atoms with E-state index in [0.717, 1.165) is 0 Å². The highest BCUT2D eigenvalue weighted by molar-refractivity contribution is 9.10. The Kier molecular flexibility index (Phi) is 6.68. The Hall–Kier alpha value is -3.21. The molecule has 0 unspecified atom stereocenters. The third-order valence-electron chi connectivity index (χ3n) is 4.37. The van der Waals surface area contributed by atoms with Crippen molar-refractivity contribution in [3.05, 3.63) is 69.5 Å². The summed E-state index contributed by atoms with van der Waals surface area (Å²) in [4.78, 5) is 12.8. The van der Waals surface area contributed by atoms with Crippen LogP contribution >= 0.6 is 15.9 Å². The van der Waals surface area contributed by atoms with Crippen molar-refractivity contribution in [1.82, 2.24) is 0 Å². The molecule has 2 aromatic carbocycles. The van der Waals surface area contributed by atoms with E-state index in [1.807, 2.05) is 0 Å². The van der Waals surface area contributed by atoms with Gasteiger partial charge in [0.2, 0.25) is 5.82 Å². The lowest BCUT2D eigenvalue weighted by Gasteiger charge is -2.15. The SMILES string of the molecule is C=CCOc1c(Br)cc(/C=C2/C(=O)N(c3c(F)c(F)c(F)c(F)c3F)N=C2C)cc1OC. The molecule has 0 saturated heterocycles. The average Bonchev–Trinajstić information content (AvgIpc) is 3.03. The van der Waals surface area contributed by atoms with Crippen LogP contribution in [0.1, 0.15) is 12.5 Å². The van der Waals surface area contributed by atoms with Crippen LogP contribution in [0.2, 0.25) is 0 Å². The normalized spacial score (nSPS) is 14.8. The summed E-state index contributed by atoms with van der Waals surface area (Å²) in [5, 5.41) is 3.84. The van der Waals surface area contributed by atoms with E-state index in [4.69, 9.17) is 9.47 Å². The molecule has 0 N–H and O–H groups in total. The van der Waals surface area contributed by atoms with Crippen LogP contribution in [0.3, 0.4) is 0 Å². The number of halogens is 6. The topological polar surface area (TPSA) is 51.1 Å². The lowest BCUT2D eigenvalue weighted by molar-refractivity contribution is -0.114. The summed E-state index contributed by atoms with van der Waals surface area (Å²) < 4.78 is 80.1. The number of carbonyl (C=O) groups excluding carboxylic acids is 1. The number of hydrazone groups is 1. The van der Waals surface area contributed by atoms with Gasteiger partial charge in [0, 0.05) is 0 Å². The van der Waals surface area contributed by atoms with Crippen molar-refractivity contribution in [2.24, 2.45) is 5.10 Å². The third-order valence-corrected chi connectivity index (χ3v) is 4.96. The first-order chi connectivity index (χ1) is 15.1. The van der Waals surface area contributed by atoms with E-state index in [9.17, 15) is 26.7 Å². The first-order valence-corrected chi connectivity index (χ1v) is 9.66. The standard InChI is InChI=1S/C21H14BrF5N2O3/c1-4-5-32-20-12(22)7-10(8-13(20)31-3)6-11-9(2)28-29(21(11)30)19-17(26)15(24)14(23)16(25)18(19)27/h4,6-8H,1,5H2,2-3H3/b11-6+. The Morgan fingerprint density at radius 2 is 1.69 bits per heavy atom. The molecule has 1 amide bonds. The molecule has 11 heteroatoms.